The lowest BCUT2D eigenvalue weighted by molar-refractivity contribution is 0.870. The van der Waals surface area contributed by atoms with Crippen LogP contribution in [0.3, 0.4) is 0 Å². The van der Waals surface area contributed by atoms with E-state index in [2.05, 4.69) is 35.9 Å². The van der Waals surface area contributed by atoms with E-state index in [4.69, 9.17) is 0 Å². The van der Waals surface area contributed by atoms with Crippen molar-refractivity contribution >= 4 is 27.7 Å². The fourth-order valence-corrected chi connectivity index (χ4v) is 2.47. The molecule has 0 aliphatic heterocycles. The van der Waals surface area contributed by atoms with E-state index in [1.807, 2.05) is 19.9 Å². The fourth-order valence-electron chi connectivity index (χ4n) is 1.18. The summed E-state index contributed by atoms with van der Waals surface area (Å²) in [6.45, 7) is 3.99. The highest BCUT2D eigenvalue weighted by atomic mass is 79.9. The molecule has 2 aromatic heterocycles. The summed E-state index contributed by atoms with van der Waals surface area (Å²) in [4.78, 5) is 17.1. The minimum Gasteiger partial charge on any atom is -0.231 e. The summed E-state index contributed by atoms with van der Waals surface area (Å²) >= 11 is 4.81. The monoisotopic (exact) mass is 310 g/mol. The Bertz CT molecular complexity index is 515. The first-order valence-electron chi connectivity index (χ1n) is 5.17. The fraction of sp³-hybridized carbons (Fsp3) is 0.273. The minimum absolute atomic E-state index is 0.697. The lowest BCUT2D eigenvalue weighted by Gasteiger charge is -2.02. The largest absolute Gasteiger partial charge is 0.231 e. The van der Waals surface area contributed by atoms with Crippen LogP contribution in [0, 0.1) is 6.92 Å². The third-order valence-electron chi connectivity index (χ3n) is 1.99. The molecular weight excluding hydrogens is 300 g/mol. The number of hydrogen-bond donors (Lipinski definition) is 0. The lowest BCUT2D eigenvalue weighted by Crippen LogP contribution is -1.95. The molecule has 6 heteroatoms. The third-order valence-corrected chi connectivity index (χ3v) is 3.20. The van der Waals surface area contributed by atoms with E-state index in [-0.39, 0.29) is 0 Å². The second-order valence-electron chi connectivity index (χ2n) is 3.44. The number of hydrogen-bond acceptors (Lipinski definition) is 5. The third kappa shape index (κ3) is 3.47. The van der Waals surface area contributed by atoms with Gasteiger partial charge in [0.15, 0.2) is 5.16 Å². The van der Waals surface area contributed by atoms with Crippen molar-refractivity contribution in [1.29, 1.82) is 0 Å². The minimum atomic E-state index is 0.697. The summed E-state index contributed by atoms with van der Waals surface area (Å²) in [6, 6.07) is 1.87. The van der Waals surface area contributed by atoms with Crippen LogP contribution in [-0.2, 0) is 6.42 Å². The summed E-state index contributed by atoms with van der Waals surface area (Å²) in [5.41, 5.74) is 1.05. The average molecular weight is 311 g/mol. The second-order valence-corrected chi connectivity index (χ2v) is 5.24. The van der Waals surface area contributed by atoms with Crippen LogP contribution in [0.15, 0.2) is 33.2 Å². The summed E-state index contributed by atoms with van der Waals surface area (Å²) < 4.78 is 0.791. The van der Waals surface area contributed by atoms with E-state index in [0.29, 0.717) is 5.16 Å². The molecule has 0 aliphatic carbocycles. The van der Waals surface area contributed by atoms with E-state index in [1.165, 1.54) is 11.8 Å². The van der Waals surface area contributed by atoms with Gasteiger partial charge in [0.1, 0.15) is 15.5 Å². The van der Waals surface area contributed by atoms with Crippen molar-refractivity contribution in [2.45, 2.75) is 30.5 Å². The molecule has 0 amide bonds. The molecular formula is C11H11BrN4S. The van der Waals surface area contributed by atoms with E-state index >= 15 is 0 Å². The number of aryl methyl sites for hydroxylation is 2. The van der Waals surface area contributed by atoms with Crippen molar-refractivity contribution in [3.63, 3.8) is 0 Å². The first kappa shape index (κ1) is 12.4. The Morgan fingerprint density at radius 1 is 1.24 bits per heavy atom. The highest BCUT2D eigenvalue weighted by Gasteiger charge is 2.05. The lowest BCUT2D eigenvalue weighted by atomic mass is 10.4. The Hall–Kier alpha value is -1.01. The first-order chi connectivity index (χ1) is 8.17. The predicted molar refractivity (Wildman–Crippen MR) is 70.0 cm³/mol. The van der Waals surface area contributed by atoms with Gasteiger partial charge in [-0.3, -0.25) is 0 Å². The number of nitrogens with zero attached hydrogens (tertiary/aromatic N) is 4. The summed E-state index contributed by atoms with van der Waals surface area (Å²) in [7, 11) is 0. The Morgan fingerprint density at radius 2 is 1.94 bits per heavy atom. The Labute approximate surface area is 112 Å². The average Bonchev–Trinajstić information content (AvgIpc) is 2.31. The molecule has 0 unspecified atom stereocenters. The van der Waals surface area contributed by atoms with Crippen molar-refractivity contribution in [1.82, 2.24) is 19.9 Å². The van der Waals surface area contributed by atoms with Crippen LogP contribution in [0.4, 0.5) is 0 Å². The molecule has 0 atom stereocenters. The molecule has 0 saturated carbocycles. The van der Waals surface area contributed by atoms with Gasteiger partial charge in [-0.1, -0.05) is 6.92 Å². The van der Waals surface area contributed by atoms with Crippen LogP contribution >= 0.6 is 27.7 Å². The maximum absolute atomic E-state index is 4.41. The molecule has 2 heterocycles. The number of halogens is 1. The maximum atomic E-state index is 4.41. The standard InChI is InChI=1S/C11H11BrN4S/c1-3-9-15-8(12)4-10(16-9)17-11-13-5-7(2)6-14-11/h4-6H,3H2,1-2H3. The Morgan fingerprint density at radius 3 is 2.59 bits per heavy atom. The topological polar surface area (TPSA) is 51.6 Å². The van der Waals surface area contributed by atoms with Crippen LogP contribution in [0.5, 0.6) is 0 Å². The molecule has 88 valence electrons. The van der Waals surface area contributed by atoms with Gasteiger partial charge in [0.25, 0.3) is 0 Å². The van der Waals surface area contributed by atoms with Crippen molar-refractivity contribution in [2.24, 2.45) is 0 Å². The van der Waals surface area contributed by atoms with Crippen molar-refractivity contribution in [2.75, 3.05) is 0 Å². The van der Waals surface area contributed by atoms with Crippen molar-refractivity contribution in [3.8, 4) is 0 Å². The molecule has 2 rings (SSSR count). The van der Waals surface area contributed by atoms with Gasteiger partial charge in [-0.15, -0.1) is 0 Å². The first-order valence-corrected chi connectivity index (χ1v) is 6.78. The molecule has 4 nitrogen and oxygen atoms in total. The molecule has 0 radical (unpaired) electrons. The van der Waals surface area contributed by atoms with Gasteiger partial charge in [-0.2, -0.15) is 0 Å². The number of aromatic nitrogens is 4. The van der Waals surface area contributed by atoms with Gasteiger partial charge in [0.05, 0.1) is 0 Å². The predicted octanol–water partition coefficient (Wildman–Crippen LogP) is 3.05. The molecule has 17 heavy (non-hydrogen) atoms. The second kappa shape index (κ2) is 5.55. The summed E-state index contributed by atoms with van der Waals surface area (Å²) in [5, 5.41) is 1.55. The summed E-state index contributed by atoms with van der Waals surface area (Å²) in [5.74, 6) is 0.814. The normalized spacial score (nSPS) is 10.5. The molecule has 2 aromatic rings. The van der Waals surface area contributed by atoms with Gasteiger partial charge in [0.2, 0.25) is 0 Å². The molecule has 0 saturated heterocycles. The number of rotatable bonds is 3. The Balaban J connectivity index is 2.23. The van der Waals surface area contributed by atoms with E-state index in [1.54, 1.807) is 12.4 Å². The SMILES string of the molecule is CCc1nc(Br)cc(Sc2ncc(C)cn2)n1. The van der Waals surface area contributed by atoms with Crippen LogP contribution in [-0.4, -0.2) is 19.9 Å². The van der Waals surface area contributed by atoms with E-state index in [0.717, 1.165) is 27.4 Å². The zero-order chi connectivity index (χ0) is 12.3. The Kier molecular flexibility index (Phi) is 4.06. The molecule has 0 aromatic carbocycles. The zero-order valence-corrected chi connectivity index (χ0v) is 11.9. The van der Waals surface area contributed by atoms with Crippen LogP contribution < -0.4 is 0 Å². The molecule has 0 bridgehead atoms. The van der Waals surface area contributed by atoms with E-state index in [9.17, 15) is 0 Å². The maximum Gasteiger partial charge on any atom is 0.193 e. The van der Waals surface area contributed by atoms with Crippen LogP contribution in [0.25, 0.3) is 0 Å². The van der Waals surface area contributed by atoms with Gasteiger partial charge in [-0.25, -0.2) is 19.9 Å². The molecule has 0 spiro atoms. The molecule has 0 fully saturated rings. The van der Waals surface area contributed by atoms with Gasteiger partial charge >= 0.3 is 0 Å². The van der Waals surface area contributed by atoms with Crippen LogP contribution in [0.1, 0.15) is 18.3 Å². The highest BCUT2D eigenvalue weighted by molar-refractivity contribution is 9.10. The quantitative estimate of drug-likeness (QED) is 0.644. The summed E-state index contributed by atoms with van der Waals surface area (Å²) in [6.07, 6.45) is 4.40. The van der Waals surface area contributed by atoms with E-state index < -0.39 is 0 Å². The molecule has 0 aliphatic rings. The highest BCUT2D eigenvalue weighted by Crippen LogP contribution is 2.24. The van der Waals surface area contributed by atoms with Crippen LogP contribution in [0.2, 0.25) is 0 Å². The van der Waals surface area contributed by atoms with Gasteiger partial charge in [-0.05, 0) is 40.2 Å². The van der Waals surface area contributed by atoms with Crippen molar-refractivity contribution < 1.29 is 0 Å². The van der Waals surface area contributed by atoms with Gasteiger partial charge in [0, 0.05) is 24.9 Å². The smallest absolute Gasteiger partial charge is 0.193 e. The van der Waals surface area contributed by atoms with Crippen molar-refractivity contribution in [3.05, 3.63) is 34.5 Å². The zero-order valence-electron chi connectivity index (χ0n) is 9.51. The molecule has 0 N–H and O–H groups in total. The van der Waals surface area contributed by atoms with Gasteiger partial charge < -0.3 is 0 Å².